The number of hydrogen-bond donors (Lipinski definition) is 3. The first-order chi connectivity index (χ1) is 12.6. The minimum absolute atomic E-state index is 0.142. The minimum Gasteiger partial charge on any atom is -0.478 e. The molecule has 0 bridgehead atoms. The molecule has 0 spiro atoms. The van der Waals surface area contributed by atoms with E-state index in [4.69, 9.17) is 0 Å². The molecule has 4 fully saturated rings. The molecule has 4 rings (SSSR count). The van der Waals surface area contributed by atoms with Crippen LogP contribution in [0.2, 0.25) is 0 Å². The predicted octanol–water partition coefficient (Wildman–Crippen LogP) is 4.15. The number of carboxylic acid groups (broad SMARTS) is 1. The van der Waals surface area contributed by atoms with E-state index in [-0.39, 0.29) is 22.9 Å². The van der Waals surface area contributed by atoms with Crippen molar-refractivity contribution in [2.45, 2.75) is 90.3 Å². The van der Waals surface area contributed by atoms with Gasteiger partial charge in [0.15, 0.2) is 0 Å². The Hall–Kier alpha value is -0.870. The van der Waals surface area contributed by atoms with Gasteiger partial charge in [-0.15, -0.1) is 0 Å². The SMILES string of the molecule is C/C(=C\[C@H]1CC[C@]2(O)[C@@H]3CC[C@@H]4C[C@@H](O)CC[C@]4(C)[C@H]3CC[C@]12C)C(=O)O. The van der Waals surface area contributed by atoms with E-state index in [0.717, 1.165) is 57.8 Å². The Kier molecular flexibility index (Phi) is 4.55. The minimum atomic E-state index is -0.850. The summed E-state index contributed by atoms with van der Waals surface area (Å²) in [5, 5.41) is 31.5. The second-order valence-corrected chi connectivity index (χ2v) is 10.6. The van der Waals surface area contributed by atoms with Crippen molar-refractivity contribution < 1.29 is 20.1 Å². The second kappa shape index (κ2) is 6.32. The molecule has 4 heteroatoms. The van der Waals surface area contributed by atoms with Gasteiger partial charge >= 0.3 is 5.97 Å². The number of carbonyl (C=O) groups is 1. The summed E-state index contributed by atoms with van der Waals surface area (Å²) in [6.45, 7) is 6.31. The molecule has 0 aliphatic heterocycles. The van der Waals surface area contributed by atoms with Crippen LogP contribution >= 0.6 is 0 Å². The molecule has 8 atom stereocenters. The molecule has 4 aliphatic carbocycles. The Morgan fingerprint density at radius 3 is 2.44 bits per heavy atom. The van der Waals surface area contributed by atoms with E-state index >= 15 is 0 Å². The van der Waals surface area contributed by atoms with Gasteiger partial charge in [-0.25, -0.2) is 4.79 Å². The van der Waals surface area contributed by atoms with E-state index in [1.165, 1.54) is 0 Å². The normalized spacial score (nSPS) is 52.6. The molecule has 0 amide bonds. The van der Waals surface area contributed by atoms with Crippen LogP contribution in [0, 0.1) is 34.5 Å². The van der Waals surface area contributed by atoms with Crippen LogP contribution in [-0.2, 0) is 4.79 Å². The summed E-state index contributed by atoms with van der Waals surface area (Å²) in [4.78, 5) is 11.3. The van der Waals surface area contributed by atoms with Crippen LogP contribution in [0.25, 0.3) is 0 Å². The third-order valence-electron chi connectivity index (χ3n) is 9.68. The average molecular weight is 377 g/mol. The van der Waals surface area contributed by atoms with Crippen molar-refractivity contribution in [2.75, 3.05) is 0 Å². The van der Waals surface area contributed by atoms with Gasteiger partial charge in [-0.05, 0) is 93.8 Å². The largest absolute Gasteiger partial charge is 0.478 e. The lowest BCUT2D eigenvalue weighted by Crippen LogP contribution is -2.62. The van der Waals surface area contributed by atoms with Crippen LogP contribution in [0.4, 0.5) is 0 Å². The first-order valence-corrected chi connectivity index (χ1v) is 10.9. The molecular formula is C23H36O4. The lowest BCUT2D eigenvalue weighted by Gasteiger charge is -2.63. The van der Waals surface area contributed by atoms with Gasteiger partial charge in [0.1, 0.15) is 0 Å². The van der Waals surface area contributed by atoms with Crippen molar-refractivity contribution in [3.63, 3.8) is 0 Å². The number of carboxylic acids is 1. The van der Waals surface area contributed by atoms with Gasteiger partial charge in [-0.1, -0.05) is 19.9 Å². The van der Waals surface area contributed by atoms with Crippen molar-refractivity contribution in [1.82, 2.24) is 0 Å². The van der Waals surface area contributed by atoms with Gasteiger partial charge in [0.25, 0.3) is 0 Å². The Bertz CT molecular complexity index is 657. The maximum Gasteiger partial charge on any atom is 0.330 e. The fraction of sp³-hybridized carbons (Fsp3) is 0.870. The quantitative estimate of drug-likeness (QED) is 0.633. The zero-order chi connectivity index (χ0) is 19.6. The third-order valence-corrected chi connectivity index (χ3v) is 9.68. The smallest absolute Gasteiger partial charge is 0.330 e. The third kappa shape index (κ3) is 2.66. The highest BCUT2D eigenvalue weighted by molar-refractivity contribution is 5.85. The van der Waals surface area contributed by atoms with Gasteiger partial charge < -0.3 is 15.3 Å². The molecule has 0 unspecified atom stereocenters. The molecule has 0 aromatic heterocycles. The summed E-state index contributed by atoms with van der Waals surface area (Å²) in [5.74, 6) is 0.734. The molecule has 152 valence electrons. The number of aliphatic hydroxyl groups is 2. The van der Waals surface area contributed by atoms with Gasteiger partial charge in [0.2, 0.25) is 0 Å². The highest BCUT2D eigenvalue weighted by atomic mass is 16.4. The summed E-state index contributed by atoms with van der Waals surface area (Å²) < 4.78 is 0. The zero-order valence-corrected chi connectivity index (χ0v) is 17.1. The summed E-state index contributed by atoms with van der Waals surface area (Å²) in [7, 11) is 0. The predicted molar refractivity (Wildman–Crippen MR) is 104 cm³/mol. The van der Waals surface area contributed by atoms with Crippen molar-refractivity contribution >= 4 is 5.97 Å². The van der Waals surface area contributed by atoms with Crippen molar-refractivity contribution in [3.8, 4) is 0 Å². The van der Waals surface area contributed by atoms with Crippen LogP contribution in [0.15, 0.2) is 11.6 Å². The van der Waals surface area contributed by atoms with Crippen molar-refractivity contribution in [2.24, 2.45) is 34.5 Å². The molecule has 4 aliphatic rings. The molecule has 4 nitrogen and oxygen atoms in total. The summed E-state index contributed by atoms with van der Waals surface area (Å²) in [6, 6.07) is 0. The number of allylic oxidation sites excluding steroid dienone is 1. The molecule has 27 heavy (non-hydrogen) atoms. The van der Waals surface area contributed by atoms with Gasteiger partial charge in [-0.2, -0.15) is 0 Å². The Morgan fingerprint density at radius 1 is 1.00 bits per heavy atom. The van der Waals surface area contributed by atoms with Gasteiger partial charge in [0.05, 0.1) is 11.7 Å². The van der Waals surface area contributed by atoms with E-state index in [1.807, 2.05) is 6.08 Å². The first-order valence-electron chi connectivity index (χ1n) is 10.9. The molecular weight excluding hydrogens is 340 g/mol. The van der Waals surface area contributed by atoms with E-state index in [0.29, 0.717) is 23.3 Å². The molecule has 0 saturated heterocycles. The summed E-state index contributed by atoms with van der Waals surface area (Å²) in [6.07, 6.45) is 10.6. The fourth-order valence-corrected chi connectivity index (χ4v) is 7.88. The monoisotopic (exact) mass is 376 g/mol. The topological polar surface area (TPSA) is 77.8 Å². The van der Waals surface area contributed by atoms with E-state index in [2.05, 4.69) is 13.8 Å². The van der Waals surface area contributed by atoms with Crippen LogP contribution in [0.1, 0.15) is 78.6 Å². The van der Waals surface area contributed by atoms with Crippen LogP contribution in [0.3, 0.4) is 0 Å². The van der Waals surface area contributed by atoms with Crippen LogP contribution < -0.4 is 0 Å². The number of rotatable bonds is 2. The van der Waals surface area contributed by atoms with Crippen LogP contribution in [0.5, 0.6) is 0 Å². The van der Waals surface area contributed by atoms with E-state index < -0.39 is 11.6 Å². The summed E-state index contributed by atoms with van der Waals surface area (Å²) in [5.41, 5.74) is -0.253. The zero-order valence-electron chi connectivity index (χ0n) is 17.1. The van der Waals surface area contributed by atoms with Gasteiger partial charge in [0, 0.05) is 11.0 Å². The second-order valence-electron chi connectivity index (χ2n) is 10.6. The van der Waals surface area contributed by atoms with Gasteiger partial charge in [-0.3, -0.25) is 0 Å². The van der Waals surface area contributed by atoms with E-state index in [1.54, 1.807) is 6.92 Å². The molecule has 0 aromatic carbocycles. The lowest BCUT2D eigenvalue weighted by atomic mass is 9.43. The fourth-order valence-electron chi connectivity index (χ4n) is 7.88. The van der Waals surface area contributed by atoms with Crippen molar-refractivity contribution in [3.05, 3.63) is 11.6 Å². The highest BCUT2D eigenvalue weighted by Crippen LogP contribution is 2.69. The van der Waals surface area contributed by atoms with Crippen molar-refractivity contribution in [1.29, 1.82) is 0 Å². The molecule has 0 heterocycles. The maximum atomic E-state index is 12.0. The maximum absolute atomic E-state index is 12.0. The Labute approximate surface area is 163 Å². The first kappa shape index (κ1) is 19.4. The highest BCUT2D eigenvalue weighted by Gasteiger charge is 2.66. The van der Waals surface area contributed by atoms with E-state index in [9.17, 15) is 20.1 Å². The molecule has 0 radical (unpaired) electrons. The van der Waals surface area contributed by atoms with Crippen LogP contribution in [-0.4, -0.2) is 33.0 Å². The number of fused-ring (bicyclic) bond motifs is 5. The average Bonchev–Trinajstić information content (AvgIpc) is 2.87. The number of aliphatic carboxylic acids is 1. The Morgan fingerprint density at radius 2 is 1.74 bits per heavy atom. The number of aliphatic hydroxyl groups excluding tert-OH is 1. The lowest BCUT2D eigenvalue weighted by molar-refractivity contribution is -0.207. The molecule has 4 saturated carbocycles. The Balaban J connectivity index is 1.64. The standard InChI is InChI=1S/C23H36O4/c1-14(20(25)26)12-16-6-11-23(27)19-5-4-15-13-17(24)7-9-21(15,2)18(19)8-10-22(16,23)3/h12,15-19,24,27H,4-11,13H2,1-3H3,(H,25,26)/b14-12+/t15-,16-,17+,18+,19-,21+,22-,23+/m1/s1. The molecule has 0 aromatic rings. The number of hydrogen-bond acceptors (Lipinski definition) is 3. The molecule has 3 N–H and O–H groups in total. The summed E-state index contributed by atoms with van der Waals surface area (Å²) >= 11 is 0.